The molecule has 2 rings (SSSR count). The second-order valence-corrected chi connectivity index (χ2v) is 7.28. The quantitative estimate of drug-likeness (QED) is 0.342. The number of methoxy groups -OCH3 is 1. The fourth-order valence-corrected chi connectivity index (χ4v) is 2.62. The Balaban J connectivity index is 1.94. The van der Waals surface area contributed by atoms with Gasteiger partial charge in [0.25, 0.3) is 11.6 Å². The number of ether oxygens (including phenoxy) is 3. The number of esters is 1. The molecular formula is C22H26N2O7. The summed E-state index contributed by atoms with van der Waals surface area (Å²) in [6.07, 6.45) is 0.885. The van der Waals surface area contributed by atoms with Gasteiger partial charge < -0.3 is 19.5 Å². The predicted molar refractivity (Wildman–Crippen MR) is 115 cm³/mol. The summed E-state index contributed by atoms with van der Waals surface area (Å²) < 4.78 is 16.0. The first kappa shape index (κ1) is 23.7. The van der Waals surface area contributed by atoms with Gasteiger partial charge in [0.1, 0.15) is 0 Å². The summed E-state index contributed by atoms with van der Waals surface area (Å²) in [5.74, 6) is 0.157. The van der Waals surface area contributed by atoms with Crippen LogP contribution in [0.15, 0.2) is 36.4 Å². The second-order valence-electron chi connectivity index (χ2n) is 7.28. The minimum atomic E-state index is -0.692. The highest BCUT2D eigenvalue weighted by atomic mass is 16.6. The van der Waals surface area contributed by atoms with Crippen LogP contribution in [0, 0.1) is 23.0 Å². The lowest BCUT2D eigenvalue weighted by Crippen LogP contribution is -2.21. The molecule has 0 saturated heterocycles. The van der Waals surface area contributed by atoms with Crippen LogP contribution in [0.3, 0.4) is 0 Å². The summed E-state index contributed by atoms with van der Waals surface area (Å²) >= 11 is 0. The van der Waals surface area contributed by atoms with Gasteiger partial charge in [0.15, 0.2) is 18.1 Å². The Hall–Kier alpha value is -3.62. The molecular weight excluding hydrogens is 404 g/mol. The van der Waals surface area contributed by atoms with Crippen molar-refractivity contribution >= 4 is 23.3 Å². The molecule has 2 aromatic rings. The van der Waals surface area contributed by atoms with Crippen LogP contribution in [-0.2, 0) is 9.53 Å². The average Bonchev–Trinajstić information content (AvgIpc) is 2.73. The Morgan fingerprint density at radius 2 is 1.87 bits per heavy atom. The predicted octanol–water partition coefficient (Wildman–Crippen LogP) is 4.13. The summed E-state index contributed by atoms with van der Waals surface area (Å²) in [4.78, 5) is 34.7. The molecule has 0 unspecified atom stereocenters. The first-order valence-corrected chi connectivity index (χ1v) is 9.74. The van der Waals surface area contributed by atoms with E-state index in [0.29, 0.717) is 35.3 Å². The zero-order valence-corrected chi connectivity index (χ0v) is 18.0. The number of carbonyl (C=O) groups is 2. The summed E-state index contributed by atoms with van der Waals surface area (Å²) in [6, 6.07) is 8.70. The van der Waals surface area contributed by atoms with E-state index in [4.69, 9.17) is 14.2 Å². The maximum atomic E-state index is 12.3. The maximum Gasteiger partial charge on any atom is 0.338 e. The molecule has 2 aromatic carbocycles. The van der Waals surface area contributed by atoms with E-state index in [9.17, 15) is 19.7 Å². The number of aryl methyl sites for hydroxylation is 1. The van der Waals surface area contributed by atoms with E-state index in [1.54, 1.807) is 13.0 Å². The number of non-ortho nitro benzene ring substituents is 1. The number of rotatable bonds is 10. The summed E-state index contributed by atoms with van der Waals surface area (Å²) in [7, 11) is 1.47. The first-order valence-electron chi connectivity index (χ1n) is 9.74. The highest BCUT2D eigenvalue weighted by Crippen LogP contribution is 2.29. The summed E-state index contributed by atoms with van der Waals surface area (Å²) in [6.45, 7) is 5.84. The number of nitrogens with zero attached hydrogens (tertiary/aromatic N) is 1. The smallest absolute Gasteiger partial charge is 0.338 e. The van der Waals surface area contributed by atoms with E-state index in [0.717, 1.165) is 6.42 Å². The Morgan fingerprint density at radius 3 is 2.48 bits per heavy atom. The summed E-state index contributed by atoms with van der Waals surface area (Å²) in [5.41, 5.74) is 1.06. The third-order valence-corrected chi connectivity index (χ3v) is 4.38. The van der Waals surface area contributed by atoms with Crippen molar-refractivity contribution in [3.63, 3.8) is 0 Å². The van der Waals surface area contributed by atoms with E-state index >= 15 is 0 Å². The van der Waals surface area contributed by atoms with Crippen LogP contribution in [0.5, 0.6) is 11.5 Å². The van der Waals surface area contributed by atoms with Crippen molar-refractivity contribution < 1.29 is 28.7 Å². The fourth-order valence-electron chi connectivity index (χ4n) is 2.62. The molecule has 0 aliphatic rings. The molecule has 0 aliphatic carbocycles. The number of anilines is 1. The van der Waals surface area contributed by atoms with Gasteiger partial charge in [0, 0.05) is 17.8 Å². The van der Waals surface area contributed by atoms with E-state index in [1.807, 2.05) is 0 Å². The van der Waals surface area contributed by atoms with Gasteiger partial charge in [-0.25, -0.2) is 4.79 Å². The van der Waals surface area contributed by atoms with Gasteiger partial charge in [-0.3, -0.25) is 14.9 Å². The number of benzene rings is 2. The van der Waals surface area contributed by atoms with E-state index < -0.39 is 23.4 Å². The standard InChI is InChI=1S/C22H26N2O7/c1-14(2)9-10-30-19-8-5-16(12-20(19)29-4)22(26)31-13-21(25)23-18-7-6-17(24(27)28)11-15(18)3/h5-8,11-12,14H,9-10,13H2,1-4H3,(H,23,25). The number of nitro benzene ring substituents is 1. The van der Waals surface area contributed by atoms with Crippen LogP contribution in [0.4, 0.5) is 11.4 Å². The second kappa shape index (κ2) is 11.0. The Bertz CT molecular complexity index is 957. The van der Waals surface area contributed by atoms with Crippen molar-refractivity contribution in [2.75, 3.05) is 25.6 Å². The highest BCUT2D eigenvalue weighted by Gasteiger charge is 2.15. The SMILES string of the molecule is COc1cc(C(=O)OCC(=O)Nc2ccc([N+](=O)[O-])cc2C)ccc1OCCC(C)C. The molecule has 0 aliphatic heterocycles. The minimum Gasteiger partial charge on any atom is -0.493 e. The van der Waals surface area contributed by atoms with Crippen molar-refractivity contribution in [1.82, 2.24) is 0 Å². The number of carbonyl (C=O) groups excluding carboxylic acids is 2. The fraction of sp³-hybridized carbons (Fsp3) is 0.364. The largest absolute Gasteiger partial charge is 0.493 e. The molecule has 9 heteroatoms. The van der Waals surface area contributed by atoms with Gasteiger partial charge in [0.05, 0.1) is 24.2 Å². The maximum absolute atomic E-state index is 12.3. The number of nitrogens with one attached hydrogen (secondary N) is 1. The Labute approximate surface area is 180 Å². The molecule has 166 valence electrons. The first-order chi connectivity index (χ1) is 14.7. The normalized spacial score (nSPS) is 10.5. The molecule has 9 nitrogen and oxygen atoms in total. The monoisotopic (exact) mass is 430 g/mol. The van der Waals surface area contributed by atoms with E-state index in [2.05, 4.69) is 19.2 Å². The molecule has 0 aromatic heterocycles. The van der Waals surface area contributed by atoms with Crippen molar-refractivity contribution in [3.05, 3.63) is 57.6 Å². The molecule has 1 amide bonds. The van der Waals surface area contributed by atoms with Crippen LogP contribution < -0.4 is 14.8 Å². The summed E-state index contributed by atoms with van der Waals surface area (Å²) in [5, 5.41) is 13.4. The van der Waals surface area contributed by atoms with Crippen molar-refractivity contribution in [1.29, 1.82) is 0 Å². The molecule has 0 spiro atoms. The number of hydrogen-bond acceptors (Lipinski definition) is 7. The van der Waals surface area contributed by atoms with Crippen molar-refractivity contribution in [2.45, 2.75) is 27.2 Å². The molecule has 0 fully saturated rings. The Kier molecular flexibility index (Phi) is 8.36. The van der Waals surface area contributed by atoms with Gasteiger partial charge in [-0.2, -0.15) is 0 Å². The molecule has 0 radical (unpaired) electrons. The lowest BCUT2D eigenvalue weighted by atomic mass is 10.1. The average molecular weight is 430 g/mol. The zero-order valence-electron chi connectivity index (χ0n) is 18.0. The molecule has 0 atom stereocenters. The number of hydrogen-bond donors (Lipinski definition) is 1. The zero-order chi connectivity index (χ0) is 23.0. The number of amides is 1. The van der Waals surface area contributed by atoms with Gasteiger partial charge in [-0.1, -0.05) is 13.8 Å². The van der Waals surface area contributed by atoms with Crippen LogP contribution in [0.1, 0.15) is 36.2 Å². The van der Waals surface area contributed by atoms with Gasteiger partial charge in [0.2, 0.25) is 0 Å². The molecule has 0 heterocycles. The molecule has 31 heavy (non-hydrogen) atoms. The van der Waals surface area contributed by atoms with Gasteiger partial charge in [-0.05, 0) is 49.1 Å². The highest BCUT2D eigenvalue weighted by molar-refractivity contribution is 5.96. The van der Waals surface area contributed by atoms with Crippen LogP contribution >= 0.6 is 0 Å². The van der Waals surface area contributed by atoms with Crippen molar-refractivity contribution in [2.24, 2.45) is 5.92 Å². The minimum absolute atomic E-state index is 0.0764. The van der Waals surface area contributed by atoms with Crippen LogP contribution in [0.25, 0.3) is 0 Å². The lowest BCUT2D eigenvalue weighted by molar-refractivity contribution is -0.384. The lowest BCUT2D eigenvalue weighted by Gasteiger charge is -2.13. The third-order valence-electron chi connectivity index (χ3n) is 4.38. The topological polar surface area (TPSA) is 117 Å². The van der Waals surface area contributed by atoms with Gasteiger partial charge in [-0.15, -0.1) is 0 Å². The molecule has 0 saturated carbocycles. The molecule has 1 N–H and O–H groups in total. The van der Waals surface area contributed by atoms with Crippen LogP contribution in [0.2, 0.25) is 0 Å². The van der Waals surface area contributed by atoms with Gasteiger partial charge >= 0.3 is 5.97 Å². The van der Waals surface area contributed by atoms with E-state index in [1.165, 1.54) is 37.4 Å². The number of nitro groups is 1. The van der Waals surface area contributed by atoms with Crippen LogP contribution in [-0.4, -0.2) is 37.1 Å². The Morgan fingerprint density at radius 1 is 1.13 bits per heavy atom. The van der Waals surface area contributed by atoms with E-state index in [-0.39, 0.29) is 11.3 Å². The molecule has 0 bridgehead atoms. The third kappa shape index (κ3) is 6.98. The van der Waals surface area contributed by atoms with Crippen molar-refractivity contribution in [3.8, 4) is 11.5 Å².